The van der Waals surface area contributed by atoms with E-state index in [4.69, 9.17) is 4.74 Å². The molecule has 0 unspecified atom stereocenters. The molecular formula is C16H19F3N4O2. The van der Waals surface area contributed by atoms with Crippen molar-refractivity contribution in [3.63, 3.8) is 0 Å². The molecular weight excluding hydrogens is 337 g/mol. The second kappa shape index (κ2) is 6.99. The van der Waals surface area contributed by atoms with Gasteiger partial charge in [-0.2, -0.15) is 13.2 Å². The second-order valence-electron chi connectivity index (χ2n) is 5.93. The molecule has 3 rings (SSSR count). The van der Waals surface area contributed by atoms with Crippen LogP contribution in [0, 0.1) is 0 Å². The van der Waals surface area contributed by atoms with Crippen molar-refractivity contribution in [3.8, 4) is 0 Å². The normalized spacial score (nSPS) is 14.8. The van der Waals surface area contributed by atoms with E-state index in [-0.39, 0.29) is 11.4 Å². The van der Waals surface area contributed by atoms with E-state index in [1.807, 2.05) is 11.5 Å². The third kappa shape index (κ3) is 3.76. The van der Waals surface area contributed by atoms with Gasteiger partial charge in [-0.15, -0.1) is 0 Å². The van der Waals surface area contributed by atoms with Crippen LogP contribution in [-0.4, -0.2) is 45.1 Å². The van der Waals surface area contributed by atoms with Gasteiger partial charge in [0.1, 0.15) is 5.52 Å². The van der Waals surface area contributed by atoms with Crippen molar-refractivity contribution in [2.24, 2.45) is 0 Å². The molecule has 0 saturated carbocycles. The van der Waals surface area contributed by atoms with Crippen LogP contribution in [0.25, 0.3) is 11.2 Å². The first-order valence-corrected chi connectivity index (χ1v) is 8.18. The molecule has 0 atom stereocenters. The summed E-state index contributed by atoms with van der Waals surface area (Å²) in [6, 6.07) is 1.57. The maximum absolute atomic E-state index is 12.8. The van der Waals surface area contributed by atoms with Gasteiger partial charge in [0, 0.05) is 25.4 Å². The number of rotatable bonds is 5. The van der Waals surface area contributed by atoms with Crippen LogP contribution in [0.3, 0.4) is 0 Å². The van der Waals surface area contributed by atoms with Crippen molar-refractivity contribution in [1.29, 1.82) is 0 Å². The summed E-state index contributed by atoms with van der Waals surface area (Å²) >= 11 is 0. The highest BCUT2D eigenvalue weighted by atomic mass is 19.4. The summed E-state index contributed by atoms with van der Waals surface area (Å²) in [5, 5.41) is 0. The van der Waals surface area contributed by atoms with E-state index in [9.17, 15) is 18.0 Å². The maximum atomic E-state index is 12.8. The average Bonchev–Trinajstić information content (AvgIpc) is 2.94. The molecule has 136 valence electrons. The lowest BCUT2D eigenvalue weighted by molar-refractivity contribution is -0.141. The van der Waals surface area contributed by atoms with Crippen LogP contribution in [0.4, 0.5) is 13.2 Å². The number of aromatic nitrogens is 3. The van der Waals surface area contributed by atoms with E-state index in [1.165, 1.54) is 0 Å². The summed E-state index contributed by atoms with van der Waals surface area (Å²) in [5.41, 5.74) is 0.346. The van der Waals surface area contributed by atoms with Crippen LogP contribution < -0.4 is 0 Å². The quantitative estimate of drug-likeness (QED) is 0.773. The fourth-order valence-corrected chi connectivity index (χ4v) is 2.86. The van der Waals surface area contributed by atoms with Crippen molar-refractivity contribution in [3.05, 3.63) is 23.7 Å². The molecule has 0 bridgehead atoms. The Morgan fingerprint density at radius 2 is 2.12 bits per heavy atom. The zero-order valence-electron chi connectivity index (χ0n) is 13.8. The third-order valence-electron chi connectivity index (χ3n) is 4.08. The fraction of sp³-hybridized carbons (Fsp3) is 0.562. The van der Waals surface area contributed by atoms with Gasteiger partial charge in [0.15, 0.2) is 11.3 Å². The summed E-state index contributed by atoms with van der Waals surface area (Å²) in [5.74, 6) is -0.0236. The first-order valence-electron chi connectivity index (χ1n) is 8.18. The first-order chi connectivity index (χ1) is 11.9. The minimum absolute atomic E-state index is 0.0236. The minimum Gasteiger partial charge on any atom is -0.381 e. The van der Waals surface area contributed by atoms with E-state index in [2.05, 4.69) is 9.97 Å². The van der Waals surface area contributed by atoms with Crippen LogP contribution in [0.2, 0.25) is 0 Å². The molecule has 1 aliphatic heterocycles. The fourth-order valence-electron chi connectivity index (χ4n) is 2.86. The topological polar surface area (TPSA) is 60.2 Å². The van der Waals surface area contributed by atoms with Crippen molar-refractivity contribution in [2.45, 2.75) is 39.0 Å². The Morgan fingerprint density at radius 1 is 1.32 bits per heavy atom. The van der Waals surface area contributed by atoms with E-state index >= 15 is 0 Å². The number of alkyl halides is 3. The van der Waals surface area contributed by atoms with Gasteiger partial charge in [-0.3, -0.25) is 4.79 Å². The number of carbonyl (C=O) groups excluding carboxylic acids is 1. The summed E-state index contributed by atoms with van der Waals surface area (Å²) in [6.45, 7) is 4.32. The van der Waals surface area contributed by atoms with Gasteiger partial charge < -0.3 is 14.2 Å². The van der Waals surface area contributed by atoms with Gasteiger partial charge in [-0.1, -0.05) is 6.92 Å². The van der Waals surface area contributed by atoms with Crippen molar-refractivity contribution in [1.82, 2.24) is 19.4 Å². The SMILES string of the molecule is CCCOCCC(=O)N1CCn2c(cc3nc(C(F)(F)F)cnc32)C1. The summed E-state index contributed by atoms with van der Waals surface area (Å²) in [4.78, 5) is 21.5. The number of nitrogens with zero attached hydrogens (tertiary/aromatic N) is 4. The number of hydrogen-bond acceptors (Lipinski definition) is 4. The van der Waals surface area contributed by atoms with Gasteiger partial charge in [-0.25, -0.2) is 9.97 Å². The number of ether oxygens (including phenoxy) is 1. The second-order valence-corrected chi connectivity index (χ2v) is 5.93. The lowest BCUT2D eigenvalue weighted by Gasteiger charge is -2.28. The van der Waals surface area contributed by atoms with E-state index in [1.54, 1.807) is 11.0 Å². The molecule has 9 heteroatoms. The summed E-state index contributed by atoms with van der Waals surface area (Å²) in [6.07, 6.45) is -2.57. The lowest BCUT2D eigenvalue weighted by atomic mass is 10.2. The van der Waals surface area contributed by atoms with Crippen LogP contribution in [0.1, 0.15) is 31.2 Å². The molecule has 0 radical (unpaired) electrons. The van der Waals surface area contributed by atoms with Gasteiger partial charge in [0.05, 0.1) is 25.8 Å². The molecule has 0 spiro atoms. The smallest absolute Gasteiger partial charge is 0.381 e. The van der Waals surface area contributed by atoms with Gasteiger partial charge >= 0.3 is 6.18 Å². The molecule has 0 fully saturated rings. The van der Waals surface area contributed by atoms with E-state index in [0.717, 1.165) is 18.3 Å². The van der Waals surface area contributed by atoms with Crippen molar-refractivity contribution < 1.29 is 22.7 Å². The molecule has 6 nitrogen and oxygen atoms in total. The summed E-state index contributed by atoms with van der Waals surface area (Å²) < 4.78 is 45.4. The van der Waals surface area contributed by atoms with E-state index in [0.29, 0.717) is 44.9 Å². The number of hydrogen-bond donors (Lipinski definition) is 0. The van der Waals surface area contributed by atoms with Gasteiger partial charge in [-0.05, 0) is 12.5 Å². The average molecular weight is 356 g/mol. The Hall–Kier alpha value is -2.16. The highest BCUT2D eigenvalue weighted by Gasteiger charge is 2.34. The lowest BCUT2D eigenvalue weighted by Crippen LogP contribution is -2.38. The number of fused-ring (bicyclic) bond motifs is 3. The molecule has 0 aromatic carbocycles. The Morgan fingerprint density at radius 3 is 2.84 bits per heavy atom. The third-order valence-corrected chi connectivity index (χ3v) is 4.08. The Kier molecular flexibility index (Phi) is 4.94. The molecule has 0 N–H and O–H groups in total. The Balaban J connectivity index is 1.74. The van der Waals surface area contributed by atoms with E-state index < -0.39 is 11.9 Å². The molecule has 2 aromatic rings. The standard InChI is InChI=1S/C16H19F3N4O2/c1-2-6-25-7-3-14(24)22-4-5-23-11(10-22)8-12-15(23)20-9-13(21-12)16(17,18)19/h8-9H,2-7,10H2,1H3. The van der Waals surface area contributed by atoms with Crippen LogP contribution in [-0.2, 0) is 28.8 Å². The number of halogens is 3. The number of amides is 1. The maximum Gasteiger partial charge on any atom is 0.434 e. The predicted molar refractivity (Wildman–Crippen MR) is 83.7 cm³/mol. The molecule has 2 aromatic heterocycles. The summed E-state index contributed by atoms with van der Waals surface area (Å²) in [7, 11) is 0. The highest BCUT2D eigenvalue weighted by molar-refractivity contribution is 5.77. The largest absolute Gasteiger partial charge is 0.434 e. The zero-order valence-corrected chi connectivity index (χ0v) is 13.8. The van der Waals surface area contributed by atoms with Crippen molar-refractivity contribution in [2.75, 3.05) is 19.8 Å². The Labute approximate surface area is 142 Å². The molecule has 0 saturated heterocycles. The van der Waals surface area contributed by atoms with Crippen LogP contribution in [0.15, 0.2) is 12.3 Å². The number of carbonyl (C=O) groups is 1. The molecule has 0 aliphatic carbocycles. The first kappa shape index (κ1) is 17.7. The predicted octanol–water partition coefficient (Wildman–Crippen LogP) is 2.61. The minimum atomic E-state index is -4.52. The monoisotopic (exact) mass is 356 g/mol. The van der Waals surface area contributed by atoms with Gasteiger partial charge in [0.25, 0.3) is 0 Å². The van der Waals surface area contributed by atoms with Crippen molar-refractivity contribution >= 4 is 17.1 Å². The molecule has 1 aliphatic rings. The van der Waals surface area contributed by atoms with Crippen LogP contribution in [0.5, 0.6) is 0 Å². The Bertz CT molecular complexity index is 773. The highest BCUT2D eigenvalue weighted by Crippen LogP contribution is 2.29. The molecule has 1 amide bonds. The molecule has 3 heterocycles. The zero-order chi connectivity index (χ0) is 18.0. The van der Waals surface area contributed by atoms with Crippen LogP contribution >= 0.6 is 0 Å². The van der Waals surface area contributed by atoms with Gasteiger partial charge in [0.2, 0.25) is 5.91 Å². The molecule has 25 heavy (non-hydrogen) atoms.